The molecule has 94 heavy (non-hydrogen) atoms. The van der Waals surface area contributed by atoms with Crippen molar-refractivity contribution in [3.05, 3.63) is 0 Å². The van der Waals surface area contributed by atoms with Gasteiger partial charge in [0.25, 0.3) is 0 Å². The van der Waals surface area contributed by atoms with E-state index >= 15 is 0 Å². The summed E-state index contributed by atoms with van der Waals surface area (Å²) < 4.78 is 68.3. The molecule has 0 bridgehead atoms. The number of carbonyl (C=O) groups is 4. The first-order valence-electron chi connectivity index (χ1n) is 38.7. The van der Waals surface area contributed by atoms with Gasteiger partial charge in [-0.1, -0.05) is 325 Å². The van der Waals surface area contributed by atoms with Crippen molar-refractivity contribution in [2.45, 2.75) is 395 Å². The largest absolute Gasteiger partial charge is 0.472 e. The van der Waals surface area contributed by atoms with Crippen LogP contribution in [0.5, 0.6) is 0 Å². The summed E-state index contributed by atoms with van der Waals surface area (Å²) in [5.74, 6) is 0.861. The van der Waals surface area contributed by atoms with E-state index in [4.69, 9.17) is 37.0 Å². The lowest BCUT2D eigenvalue weighted by Gasteiger charge is -2.21. The number of rotatable bonds is 72. The van der Waals surface area contributed by atoms with Crippen molar-refractivity contribution in [1.29, 1.82) is 0 Å². The van der Waals surface area contributed by atoms with Crippen LogP contribution in [-0.4, -0.2) is 96.7 Å². The fraction of sp³-hybridized carbons (Fsp3) is 0.947. The Kier molecular flexibility index (Phi) is 63.1. The summed E-state index contributed by atoms with van der Waals surface area (Å²) in [7, 11) is -9.91. The van der Waals surface area contributed by atoms with E-state index in [1.807, 2.05) is 0 Å². The average molecular weight is 1380 g/mol. The number of phosphoric acid groups is 2. The van der Waals surface area contributed by atoms with Gasteiger partial charge in [-0.25, -0.2) is 9.13 Å². The number of esters is 4. The van der Waals surface area contributed by atoms with E-state index in [1.54, 1.807) is 0 Å². The van der Waals surface area contributed by atoms with Crippen molar-refractivity contribution in [1.82, 2.24) is 0 Å². The Hall–Kier alpha value is -1.94. The fourth-order valence-electron chi connectivity index (χ4n) is 11.3. The van der Waals surface area contributed by atoms with Gasteiger partial charge in [-0.2, -0.15) is 0 Å². The second-order valence-electron chi connectivity index (χ2n) is 28.7. The van der Waals surface area contributed by atoms with Gasteiger partial charge in [0.2, 0.25) is 0 Å². The molecule has 0 rings (SSSR count). The normalized spacial score (nSPS) is 14.4. The first kappa shape index (κ1) is 92.1. The highest BCUT2D eigenvalue weighted by Crippen LogP contribution is 2.45. The van der Waals surface area contributed by atoms with Crippen molar-refractivity contribution < 1.29 is 80.2 Å². The molecule has 0 aliphatic heterocycles. The summed E-state index contributed by atoms with van der Waals surface area (Å²) >= 11 is 0. The molecule has 0 radical (unpaired) electrons. The molecule has 3 N–H and O–H groups in total. The number of unbranched alkanes of at least 4 members (excludes halogenated alkanes) is 37. The quantitative estimate of drug-likeness (QED) is 0.0222. The smallest absolute Gasteiger partial charge is 0.462 e. The maximum Gasteiger partial charge on any atom is 0.472 e. The maximum atomic E-state index is 13.1. The second kappa shape index (κ2) is 64.4. The van der Waals surface area contributed by atoms with Gasteiger partial charge < -0.3 is 33.8 Å². The van der Waals surface area contributed by atoms with Crippen LogP contribution in [0.15, 0.2) is 0 Å². The van der Waals surface area contributed by atoms with Crippen LogP contribution in [0.2, 0.25) is 0 Å². The van der Waals surface area contributed by atoms with Crippen LogP contribution >= 0.6 is 15.6 Å². The Morgan fingerprint density at radius 3 is 0.755 bits per heavy atom. The molecule has 0 aromatic carbocycles. The molecule has 558 valence electrons. The molecule has 0 aromatic rings. The number of aliphatic hydroxyl groups is 1. The average Bonchev–Trinajstić information content (AvgIpc) is 1.30. The zero-order valence-electron chi connectivity index (χ0n) is 61.6. The molecule has 3 unspecified atom stereocenters. The van der Waals surface area contributed by atoms with Crippen LogP contribution in [0.25, 0.3) is 0 Å². The van der Waals surface area contributed by atoms with Crippen molar-refractivity contribution >= 4 is 39.5 Å². The standard InChI is InChI=1S/C75H146O17P2/c1-9-68(8)54-46-38-28-24-20-16-14-12-10-11-13-15-17-21-26-30-41-49-57-74(79)91-70(61-85-72(77)55-47-39-29-25-22-18-19-23-27-35-43-51-65(2)3)63-89-93(81,82)87-59-69(76)60-88-94(83,84)90-64-71(92-75(80)58-50-42-34-32-37-45-53-67(6)7)62-86-73(78)56-48-40-33-31-36-44-52-66(4)5/h65-71,76H,9-64H2,1-8H3,(H,81,82)(H,83,84)/t68?,69-,70-,71-/m1/s1. The van der Waals surface area contributed by atoms with Gasteiger partial charge in [-0.15, -0.1) is 0 Å². The van der Waals surface area contributed by atoms with E-state index in [-0.39, 0.29) is 25.7 Å². The van der Waals surface area contributed by atoms with E-state index < -0.39 is 97.5 Å². The Bertz CT molecular complexity index is 1850. The number of carbonyl (C=O) groups excluding carboxylic acids is 4. The topological polar surface area (TPSA) is 237 Å². The molecule has 0 saturated heterocycles. The number of phosphoric ester groups is 2. The minimum Gasteiger partial charge on any atom is -0.462 e. The third-order valence-corrected chi connectivity index (χ3v) is 19.6. The number of aliphatic hydroxyl groups excluding tert-OH is 1. The molecule has 0 heterocycles. The molecule has 19 heteroatoms. The number of hydrogen-bond donors (Lipinski definition) is 3. The summed E-state index contributed by atoms with van der Waals surface area (Å²) in [6, 6.07) is 0. The van der Waals surface area contributed by atoms with Crippen molar-refractivity contribution in [2.75, 3.05) is 39.6 Å². The van der Waals surface area contributed by atoms with E-state index in [9.17, 15) is 43.2 Å². The summed E-state index contributed by atoms with van der Waals surface area (Å²) in [6.45, 7) is 14.1. The van der Waals surface area contributed by atoms with Gasteiger partial charge in [0.05, 0.1) is 26.4 Å². The minimum absolute atomic E-state index is 0.101. The van der Waals surface area contributed by atoms with Crippen LogP contribution in [0, 0.1) is 23.7 Å². The highest BCUT2D eigenvalue weighted by atomic mass is 31.2. The van der Waals surface area contributed by atoms with Gasteiger partial charge >= 0.3 is 39.5 Å². The lowest BCUT2D eigenvalue weighted by atomic mass is 9.99. The summed E-state index contributed by atoms with van der Waals surface area (Å²) in [4.78, 5) is 72.6. The molecule has 0 spiro atoms. The molecule has 0 aromatic heterocycles. The Labute approximate surface area is 575 Å². The Balaban J connectivity index is 5.16. The highest BCUT2D eigenvalue weighted by molar-refractivity contribution is 7.47. The lowest BCUT2D eigenvalue weighted by molar-refractivity contribution is -0.161. The maximum absolute atomic E-state index is 13.1. The third kappa shape index (κ3) is 67.3. The molecule has 0 aliphatic rings. The van der Waals surface area contributed by atoms with E-state index in [2.05, 4.69) is 55.4 Å². The van der Waals surface area contributed by atoms with Gasteiger partial charge in [-0.3, -0.25) is 37.3 Å². The molecular formula is C75H146O17P2. The van der Waals surface area contributed by atoms with Crippen LogP contribution < -0.4 is 0 Å². The molecule has 0 amide bonds. The zero-order chi connectivity index (χ0) is 69.6. The summed E-state index contributed by atoms with van der Waals surface area (Å²) in [6.07, 6.45) is 49.0. The lowest BCUT2D eigenvalue weighted by Crippen LogP contribution is -2.30. The Morgan fingerprint density at radius 1 is 0.298 bits per heavy atom. The second-order valence-corrected chi connectivity index (χ2v) is 31.6. The fourth-order valence-corrected chi connectivity index (χ4v) is 12.9. The SMILES string of the molecule is CCC(C)CCCCCCCCCCCCCCCCCCCCC(=O)O[C@H](COC(=O)CCCCCCCCCCCCCC(C)C)COP(=O)(O)OC[C@@H](O)COP(=O)(O)OC[C@@H](COC(=O)CCCCCCCCC(C)C)OC(=O)CCCCCCCCC(C)C. The monoisotopic (exact) mass is 1380 g/mol. The van der Waals surface area contributed by atoms with E-state index in [0.717, 1.165) is 108 Å². The van der Waals surface area contributed by atoms with Gasteiger partial charge in [0.1, 0.15) is 19.3 Å². The first-order valence-corrected chi connectivity index (χ1v) is 41.7. The van der Waals surface area contributed by atoms with Gasteiger partial charge in [-0.05, 0) is 49.4 Å². The molecule has 0 aliphatic carbocycles. The molecular weight excluding hydrogens is 1230 g/mol. The van der Waals surface area contributed by atoms with Crippen molar-refractivity contribution in [3.8, 4) is 0 Å². The first-order chi connectivity index (χ1) is 45.1. The predicted molar refractivity (Wildman–Crippen MR) is 381 cm³/mol. The van der Waals surface area contributed by atoms with Crippen LogP contribution in [0.3, 0.4) is 0 Å². The van der Waals surface area contributed by atoms with Crippen LogP contribution in [0.1, 0.15) is 376 Å². The predicted octanol–water partition coefficient (Wildman–Crippen LogP) is 21.7. The summed E-state index contributed by atoms with van der Waals surface area (Å²) in [5.41, 5.74) is 0. The van der Waals surface area contributed by atoms with Crippen molar-refractivity contribution in [3.63, 3.8) is 0 Å². The number of hydrogen-bond acceptors (Lipinski definition) is 15. The Morgan fingerprint density at radius 2 is 0.511 bits per heavy atom. The molecule has 6 atom stereocenters. The summed E-state index contributed by atoms with van der Waals surface area (Å²) in [5, 5.41) is 10.6. The third-order valence-electron chi connectivity index (χ3n) is 17.7. The molecule has 0 saturated carbocycles. The van der Waals surface area contributed by atoms with E-state index in [1.165, 1.54) is 173 Å². The van der Waals surface area contributed by atoms with E-state index in [0.29, 0.717) is 37.5 Å². The minimum atomic E-state index is -4.96. The molecule has 17 nitrogen and oxygen atoms in total. The van der Waals surface area contributed by atoms with Crippen molar-refractivity contribution in [2.24, 2.45) is 23.7 Å². The van der Waals surface area contributed by atoms with Crippen LogP contribution in [0.4, 0.5) is 0 Å². The number of ether oxygens (including phenoxy) is 4. The van der Waals surface area contributed by atoms with Gasteiger partial charge in [0.15, 0.2) is 12.2 Å². The zero-order valence-corrected chi connectivity index (χ0v) is 63.4. The highest BCUT2D eigenvalue weighted by Gasteiger charge is 2.30. The molecule has 0 fully saturated rings. The van der Waals surface area contributed by atoms with Gasteiger partial charge in [0, 0.05) is 25.7 Å². The van der Waals surface area contributed by atoms with Crippen LogP contribution in [-0.2, 0) is 65.4 Å².